The number of pyridine rings is 1. The summed E-state index contributed by atoms with van der Waals surface area (Å²) in [5.41, 5.74) is 7.55. The van der Waals surface area contributed by atoms with Crippen LogP contribution in [0.15, 0.2) is 18.5 Å². The monoisotopic (exact) mass is 286 g/mol. The molecule has 1 saturated carbocycles. The number of anilines is 1. The summed E-state index contributed by atoms with van der Waals surface area (Å²) in [6, 6.07) is 2.26. The van der Waals surface area contributed by atoms with Gasteiger partial charge in [-0.15, -0.1) is 0 Å². The highest BCUT2D eigenvalue weighted by Crippen LogP contribution is 2.31. The minimum Gasteiger partial charge on any atom is -0.381 e. The van der Waals surface area contributed by atoms with Gasteiger partial charge in [-0.05, 0) is 31.7 Å². The van der Waals surface area contributed by atoms with Crippen molar-refractivity contribution < 1.29 is 4.79 Å². The summed E-state index contributed by atoms with van der Waals surface area (Å²) in [6.45, 7) is 2.19. The van der Waals surface area contributed by atoms with Gasteiger partial charge < -0.3 is 16.0 Å². The molecule has 5 heteroatoms. The molecule has 0 aromatic carbocycles. The van der Waals surface area contributed by atoms with Gasteiger partial charge in [0.05, 0.1) is 11.3 Å². The lowest BCUT2D eigenvalue weighted by molar-refractivity contribution is 0.100. The van der Waals surface area contributed by atoms with Crippen LogP contribution in [0.2, 0.25) is 0 Å². The summed E-state index contributed by atoms with van der Waals surface area (Å²) >= 11 is 0. The van der Waals surface area contributed by atoms with E-state index in [0.29, 0.717) is 17.5 Å². The standard InChI is InChI=1S/C16H22N4O/c1-10(11-5-3-2-4-6-11)20-14-12-7-8-18-16(12)19-9-13(14)15(17)21/h7-11H,2-6H2,1H3,(H2,17,21)(H2,18,19,20)/t10-/m1/s1. The van der Waals surface area contributed by atoms with Crippen molar-refractivity contribution in [2.75, 3.05) is 5.32 Å². The van der Waals surface area contributed by atoms with Gasteiger partial charge in [-0.1, -0.05) is 19.3 Å². The number of fused-ring (bicyclic) bond motifs is 1. The number of nitrogens with zero attached hydrogens (tertiary/aromatic N) is 1. The predicted molar refractivity (Wildman–Crippen MR) is 84.3 cm³/mol. The molecular weight excluding hydrogens is 264 g/mol. The van der Waals surface area contributed by atoms with Gasteiger partial charge in [-0.2, -0.15) is 0 Å². The van der Waals surface area contributed by atoms with Crippen LogP contribution >= 0.6 is 0 Å². The van der Waals surface area contributed by atoms with Crippen LogP contribution < -0.4 is 11.1 Å². The van der Waals surface area contributed by atoms with E-state index in [9.17, 15) is 4.79 Å². The number of nitrogens with one attached hydrogen (secondary N) is 2. The van der Waals surface area contributed by atoms with E-state index in [-0.39, 0.29) is 0 Å². The van der Waals surface area contributed by atoms with Gasteiger partial charge in [-0.25, -0.2) is 4.98 Å². The maximum Gasteiger partial charge on any atom is 0.252 e. The number of carbonyl (C=O) groups excluding carboxylic acids is 1. The Kier molecular flexibility index (Phi) is 3.82. The molecule has 112 valence electrons. The molecule has 21 heavy (non-hydrogen) atoms. The molecule has 0 unspecified atom stereocenters. The van der Waals surface area contributed by atoms with Crippen molar-refractivity contribution in [1.82, 2.24) is 9.97 Å². The van der Waals surface area contributed by atoms with Gasteiger partial charge in [0, 0.05) is 23.8 Å². The second-order valence-electron chi connectivity index (χ2n) is 5.98. The van der Waals surface area contributed by atoms with Crippen LogP contribution in [0.1, 0.15) is 49.4 Å². The Morgan fingerprint density at radius 2 is 2.19 bits per heavy atom. The molecule has 1 aliphatic carbocycles. The minimum absolute atomic E-state index is 0.323. The average Bonchev–Trinajstić information content (AvgIpc) is 2.97. The molecule has 1 aliphatic rings. The lowest BCUT2D eigenvalue weighted by atomic mass is 9.84. The van der Waals surface area contributed by atoms with E-state index in [4.69, 9.17) is 5.73 Å². The summed E-state index contributed by atoms with van der Waals surface area (Å²) in [5.74, 6) is 0.213. The van der Waals surface area contributed by atoms with Gasteiger partial charge >= 0.3 is 0 Å². The number of primary amides is 1. The van der Waals surface area contributed by atoms with Crippen molar-refractivity contribution in [2.24, 2.45) is 11.7 Å². The first kappa shape index (κ1) is 13.9. The highest BCUT2D eigenvalue weighted by Gasteiger charge is 2.22. The van der Waals surface area contributed by atoms with Gasteiger partial charge in [0.1, 0.15) is 5.65 Å². The first-order valence-corrected chi connectivity index (χ1v) is 7.69. The van der Waals surface area contributed by atoms with Gasteiger partial charge in [0.2, 0.25) is 0 Å². The van der Waals surface area contributed by atoms with Crippen LogP contribution in [0.3, 0.4) is 0 Å². The molecule has 0 bridgehead atoms. The molecule has 4 N–H and O–H groups in total. The highest BCUT2D eigenvalue weighted by molar-refractivity contribution is 6.05. The fourth-order valence-electron chi connectivity index (χ4n) is 3.33. The number of carbonyl (C=O) groups is 1. The number of aromatic amines is 1. The molecule has 2 heterocycles. The molecule has 1 amide bonds. The Bertz CT molecular complexity index is 643. The highest BCUT2D eigenvalue weighted by atomic mass is 16.1. The summed E-state index contributed by atoms with van der Waals surface area (Å²) in [6.07, 6.45) is 9.83. The molecule has 0 radical (unpaired) electrons. The molecule has 0 saturated heterocycles. The van der Waals surface area contributed by atoms with E-state index in [1.165, 1.54) is 32.1 Å². The maximum absolute atomic E-state index is 11.7. The van der Waals surface area contributed by atoms with Crippen LogP contribution in [0.4, 0.5) is 5.69 Å². The molecule has 1 fully saturated rings. The number of rotatable bonds is 4. The maximum atomic E-state index is 11.7. The summed E-state index contributed by atoms with van der Waals surface area (Å²) in [4.78, 5) is 19.0. The Balaban J connectivity index is 1.92. The molecule has 0 spiro atoms. The fraction of sp³-hybridized carbons (Fsp3) is 0.500. The van der Waals surface area contributed by atoms with E-state index >= 15 is 0 Å². The van der Waals surface area contributed by atoms with E-state index in [0.717, 1.165) is 16.7 Å². The van der Waals surface area contributed by atoms with Crippen LogP contribution in [0.5, 0.6) is 0 Å². The van der Waals surface area contributed by atoms with Crippen molar-refractivity contribution in [1.29, 1.82) is 0 Å². The second-order valence-corrected chi connectivity index (χ2v) is 5.98. The lowest BCUT2D eigenvalue weighted by Crippen LogP contribution is -2.29. The molecule has 3 rings (SSSR count). The SMILES string of the molecule is C[C@@H](Nc1c(C(N)=O)cnc2[nH]ccc12)C1CCCCC1. The number of hydrogen-bond donors (Lipinski definition) is 3. The van der Waals surface area contributed by atoms with Crippen molar-refractivity contribution in [3.05, 3.63) is 24.0 Å². The zero-order valence-corrected chi connectivity index (χ0v) is 12.4. The Morgan fingerprint density at radius 1 is 1.43 bits per heavy atom. The first-order chi connectivity index (χ1) is 10.2. The van der Waals surface area contributed by atoms with Gasteiger partial charge in [0.15, 0.2) is 0 Å². The van der Waals surface area contributed by atoms with Crippen LogP contribution in [0, 0.1) is 5.92 Å². The molecule has 1 atom stereocenters. The third-order valence-electron chi connectivity index (χ3n) is 4.58. The molecule has 0 aliphatic heterocycles. The largest absolute Gasteiger partial charge is 0.381 e. The van der Waals surface area contributed by atoms with Crippen LogP contribution in [-0.2, 0) is 0 Å². The van der Waals surface area contributed by atoms with E-state index < -0.39 is 5.91 Å². The third kappa shape index (κ3) is 2.73. The lowest BCUT2D eigenvalue weighted by Gasteiger charge is -2.29. The van der Waals surface area contributed by atoms with E-state index in [1.54, 1.807) is 6.20 Å². The smallest absolute Gasteiger partial charge is 0.252 e. The first-order valence-electron chi connectivity index (χ1n) is 7.69. The summed E-state index contributed by atoms with van der Waals surface area (Å²) < 4.78 is 0. The minimum atomic E-state index is -0.441. The van der Waals surface area contributed by atoms with E-state index in [2.05, 4.69) is 22.2 Å². The fourth-order valence-corrected chi connectivity index (χ4v) is 3.33. The zero-order chi connectivity index (χ0) is 14.8. The van der Waals surface area contributed by atoms with Crippen molar-refractivity contribution in [2.45, 2.75) is 45.1 Å². The zero-order valence-electron chi connectivity index (χ0n) is 12.4. The van der Waals surface area contributed by atoms with Crippen LogP contribution in [0.25, 0.3) is 11.0 Å². The molecule has 2 aromatic rings. The third-order valence-corrected chi connectivity index (χ3v) is 4.58. The summed E-state index contributed by atoms with van der Waals surface area (Å²) in [7, 11) is 0. The average molecular weight is 286 g/mol. The Labute approximate surface area is 124 Å². The summed E-state index contributed by atoms with van der Waals surface area (Å²) in [5, 5.41) is 4.45. The van der Waals surface area contributed by atoms with Crippen LogP contribution in [-0.4, -0.2) is 21.9 Å². The Hall–Kier alpha value is -2.04. The Morgan fingerprint density at radius 3 is 2.90 bits per heavy atom. The number of hydrogen-bond acceptors (Lipinski definition) is 3. The van der Waals surface area contributed by atoms with Crippen molar-refractivity contribution in [3.63, 3.8) is 0 Å². The normalized spacial score (nSPS) is 17.8. The predicted octanol–water partition coefficient (Wildman–Crippen LogP) is 3.04. The number of aromatic nitrogens is 2. The molecular formula is C16H22N4O. The quantitative estimate of drug-likeness (QED) is 0.807. The molecule has 5 nitrogen and oxygen atoms in total. The van der Waals surface area contributed by atoms with Crippen molar-refractivity contribution in [3.8, 4) is 0 Å². The second kappa shape index (κ2) is 5.76. The van der Waals surface area contributed by atoms with Gasteiger partial charge in [-0.3, -0.25) is 4.79 Å². The molecule has 2 aromatic heterocycles. The van der Waals surface area contributed by atoms with E-state index in [1.807, 2.05) is 12.3 Å². The topological polar surface area (TPSA) is 83.8 Å². The number of amides is 1. The van der Waals surface area contributed by atoms with Crippen molar-refractivity contribution >= 4 is 22.6 Å². The van der Waals surface area contributed by atoms with Gasteiger partial charge in [0.25, 0.3) is 5.91 Å². The number of H-pyrrole nitrogens is 1. The number of nitrogens with two attached hydrogens (primary N) is 1.